The van der Waals surface area contributed by atoms with Gasteiger partial charge in [0.15, 0.2) is 0 Å². The lowest BCUT2D eigenvalue weighted by molar-refractivity contribution is 0.0657. The van der Waals surface area contributed by atoms with Crippen molar-refractivity contribution < 1.29 is 9.47 Å². The van der Waals surface area contributed by atoms with Gasteiger partial charge in [0.2, 0.25) is 0 Å². The minimum Gasteiger partial charge on any atom is -0.497 e. The van der Waals surface area contributed by atoms with E-state index in [4.69, 9.17) is 9.47 Å². The molecule has 1 aromatic rings. The number of rotatable bonds is 7. The number of ether oxygens (including phenoxy) is 2. The van der Waals surface area contributed by atoms with E-state index in [0.29, 0.717) is 6.04 Å². The van der Waals surface area contributed by atoms with Crippen LogP contribution < -0.4 is 14.8 Å². The molecule has 0 radical (unpaired) electrons. The first-order valence-corrected chi connectivity index (χ1v) is 8.16. The Bertz CT molecular complexity index is 457. The van der Waals surface area contributed by atoms with Crippen LogP contribution in [-0.4, -0.2) is 19.3 Å². The normalized spacial score (nSPS) is 19.7. The number of benzene rings is 1. The Kier molecular flexibility index (Phi) is 5.51. The molecule has 21 heavy (non-hydrogen) atoms. The van der Waals surface area contributed by atoms with Crippen LogP contribution in [0.15, 0.2) is 18.2 Å². The molecule has 1 unspecified atom stereocenters. The third-order valence-electron chi connectivity index (χ3n) is 4.10. The topological polar surface area (TPSA) is 30.5 Å². The van der Waals surface area contributed by atoms with Gasteiger partial charge >= 0.3 is 0 Å². The highest BCUT2D eigenvalue weighted by atomic mass is 16.5. The first-order chi connectivity index (χ1) is 10.1. The van der Waals surface area contributed by atoms with Crippen molar-refractivity contribution in [3.05, 3.63) is 23.8 Å². The number of unbranched alkanes of at least 4 members (excludes halogenated alkanes) is 3. The fourth-order valence-corrected chi connectivity index (χ4v) is 2.97. The zero-order valence-corrected chi connectivity index (χ0v) is 13.9. The molecular formula is C18H29NO2. The Labute approximate surface area is 129 Å². The second-order valence-electron chi connectivity index (χ2n) is 6.54. The van der Waals surface area contributed by atoms with Crippen molar-refractivity contribution in [1.29, 1.82) is 0 Å². The summed E-state index contributed by atoms with van der Waals surface area (Å²) in [5.74, 6) is 1.81. The summed E-state index contributed by atoms with van der Waals surface area (Å²) in [5.41, 5.74) is 1.12. The number of methoxy groups -OCH3 is 1. The lowest BCUT2D eigenvalue weighted by Crippen LogP contribution is -2.39. The second kappa shape index (κ2) is 7.17. The summed E-state index contributed by atoms with van der Waals surface area (Å²) in [5, 5.41) is 3.71. The molecule has 0 saturated heterocycles. The monoisotopic (exact) mass is 291 g/mol. The smallest absolute Gasteiger partial charge is 0.128 e. The Morgan fingerprint density at radius 1 is 1.29 bits per heavy atom. The van der Waals surface area contributed by atoms with Crippen molar-refractivity contribution in [2.24, 2.45) is 0 Å². The van der Waals surface area contributed by atoms with Crippen LogP contribution in [0.3, 0.4) is 0 Å². The van der Waals surface area contributed by atoms with Gasteiger partial charge < -0.3 is 14.8 Å². The van der Waals surface area contributed by atoms with E-state index in [1.807, 2.05) is 12.1 Å². The van der Waals surface area contributed by atoms with Crippen molar-refractivity contribution >= 4 is 0 Å². The molecule has 1 aromatic carbocycles. The minimum atomic E-state index is -0.138. The number of hydrogen-bond acceptors (Lipinski definition) is 3. The SMILES string of the molecule is CCCCCCNC1CC(C)(C)Oc2cc(OC)ccc21. The van der Waals surface area contributed by atoms with E-state index >= 15 is 0 Å². The molecule has 1 aliphatic heterocycles. The third kappa shape index (κ3) is 4.37. The second-order valence-corrected chi connectivity index (χ2v) is 6.54. The maximum atomic E-state index is 6.12. The zero-order chi connectivity index (χ0) is 15.3. The quantitative estimate of drug-likeness (QED) is 0.752. The molecule has 118 valence electrons. The molecule has 1 aliphatic rings. The molecule has 0 bridgehead atoms. The highest BCUT2D eigenvalue weighted by molar-refractivity contribution is 5.44. The molecule has 0 aromatic heterocycles. The maximum Gasteiger partial charge on any atom is 0.128 e. The summed E-state index contributed by atoms with van der Waals surface area (Å²) in [4.78, 5) is 0. The molecular weight excluding hydrogens is 262 g/mol. The number of hydrogen-bond donors (Lipinski definition) is 1. The number of fused-ring (bicyclic) bond motifs is 1. The first-order valence-electron chi connectivity index (χ1n) is 8.16. The van der Waals surface area contributed by atoms with Crippen molar-refractivity contribution in [1.82, 2.24) is 5.32 Å². The first kappa shape index (κ1) is 16.2. The van der Waals surface area contributed by atoms with E-state index in [1.54, 1.807) is 7.11 Å². The van der Waals surface area contributed by atoms with Crippen LogP contribution in [0.2, 0.25) is 0 Å². The van der Waals surface area contributed by atoms with Gasteiger partial charge in [-0.25, -0.2) is 0 Å². The summed E-state index contributed by atoms with van der Waals surface area (Å²) in [6, 6.07) is 6.53. The number of nitrogens with one attached hydrogen (secondary N) is 1. The predicted molar refractivity (Wildman–Crippen MR) is 87.2 cm³/mol. The lowest BCUT2D eigenvalue weighted by atomic mass is 9.89. The standard InChI is InChI=1S/C18H29NO2/c1-5-6-7-8-11-19-16-13-18(2,3)21-17-12-14(20-4)9-10-15(16)17/h9-10,12,16,19H,5-8,11,13H2,1-4H3. The van der Waals surface area contributed by atoms with Crippen molar-refractivity contribution in [2.75, 3.05) is 13.7 Å². The Morgan fingerprint density at radius 3 is 2.81 bits per heavy atom. The van der Waals surface area contributed by atoms with Crippen molar-refractivity contribution in [3.63, 3.8) is 0 Å². The molecule has 0 aliphatic carbocycles. The zero-order valence-electron chi connectivity index (χ0n) is 13.9. The van der Waals surface area contributed by atoms with Crippen molar-refractivity contribution in [3.8, 4) is 11.5 Å². The summed E-state index contributed by atoms with van der Waals surface area (Å²) in [6.07, 6.45) is 6.17. The average molecular weight is 291 g/mol. The van der Waals surface area contributed by atoms with Gasteiger partial charge in [-0.3, -0.25) is 0 Å². The summed E-state index contributed by atoms with van der Waals surface area (Å²) < 4.78 is 11.4. The Hall–Kier alpha value is -1.22. The van der Waals surface area contributed by atoms with Crippen LogP contribution in [0.4, 0.5) is 0 Å². The molecule has 0 saturated carbocycles. The van der Waals surface area contributed by atoms with Gasteiger partial charge in [0.25, 0.3) is 0 Å². The minimum absolute atomic E-state index is 0.138. The molecule has 2 rings (SSSR count). The summed E-state index contributed by atoms with van der Waals surface area (Å²) in [7, 11) is 1.69. The lowest BCUT2D eigenvalue weighted by Gasteiger charge is -2.38. The van der Waals surface area contributed by atoms with Gasteiger partial charge in [0.1, 0.15) is 17.1 Å². The largest absolute Gasteiger partial charge is 0.497 e. The molecule has 1 atom stereocenters. The van der Waals surface area contributed by atoms with E-state index in [2.05, 4.69) is 32.2 Å². The fraction of sp³-hybridized carbons (Fsp3) is 0.667. The molecule has 1 heterocycles. The van der Waals surface area contributed by atoms with Crippen LogP contribution in [-0.2, 0) is 0 Å². The predicted octanol–water partition coefficient (Wildman–Crippen LogP) is 4.47. The fourth-order valence-electron chi connectivity index (χ4n) is 2.97. The van der Waals surface area contributed by atoms with Crippen LogP contribution in [0.25, 0.3) is 0 Å². The van der Waals surface area contributed by atoms with Gasteiger partial charge in [0, 0.05) is 24.1 Å². The third-order valence-corrected chi connectivity index (χ3v) is 4.10. The van der Waals surface area contributed by atoms with Crippen LogP contribution in [0.5, 0.6) is 11.5 Å². The molecule has 1 N–H and O–H groups in total. The van der Waals surface area contributed by atoms with E-state index < -0.39 is 0 Å². The molecule has 0 fully saturated rings. The molecule has 0 amide bonds. The summed E-state index contributed by atoms with van der Waals surface area (Å²) in [6.45, 7) is 7.63. The van der Waals surface area contributed by atoms with Crippen LogP contribution in [0.1, 0.15) is 64.5 Å². The highest BCUT2D eigenvalue weighted by Crippen LogP contribution is 2.41. The molecule has 3 heteroatoms. The average Bonchev–Trinajstić information content (AvgIpc) is 2.45. The van der Waals surface area contributed by atoms with E-state index in [-0.39, 0.29) is 5.60 Å². The van der Waals surface area contributed by atoms with Crippen LogP contribution >= 0.6 is 0 Å². The Balaban J connectivity index is 2.04. The van der Waals surface area contributed by atoms with E-state index in [9.17, 15) is 0 Å². The van der Waals surface area contributed by atoms with Crippen molar-refractivity contribution in [2.45, 2.75) is 64.5 Å². The van der Waals surface area contributed by atoms with Gasteiger partial charge in [0.05, 0.1) is 7.11 Å². The van der Waals surface area contributed by atoms with E-state index in [0.717, 1.165) is 24.5 Å². The summed E-state index contributed by atoms with van der Waals surface area (Å²) >= 11 is 0. The highest BCUT2D eigenvalue weighted by Gasteiger charge is 2.33. The Morgan fingerprint density at radius 2 is 2.10 bits per heavy atom. The molecule has 0 spiro atoms. The maximum absolute atomic E-state index is 6.12. The van der Waals surface area contributed by atoms with E-state index in [1.165, 1.54) is 31.2 Å². The molecule has 3 nitrogen and oxygen atoms in total. The van der Waals surface area contributed by atoms with Gasteiger partial charge in [-0.2, -0.15) is 0 Å². The van der Waals surface area contributed by atoms with Gasteiger partial charge in [-0.15, -0.1) is 0 Å². The van der Waals surface area contributed by atoms with Gasteiger partial charge in [-0.05, 0) is 32.9 Å². The van der Waals surface area contributed by atoms with Gasteiger partial charge in [-0.1, -0.05) is 32.3 Å². The van der Waals surface area contributed by atoms with Crippen LogP contribution in [0, 0.1) is 0 Å².